The summed E-state index contributed by atoms with van der Waals surface area (Å²) in [5.74, 6) is -0.279. The van der Waals surface area contributed by atoms with E-state index in [1.807, 2.05) is 6.92 Å². The van der Waals surface area contributed by atoms with Crippen LogP contribution in [0.15, 0.2) is 4.52 Å². The van der Waals surface area contributed by atoms with Gasteiger partial charge >= 0.3 is 5.88 Å². The van der Waals surface area contributed by atoms with Gasteiger partial charge in [-0.25, -0.2) is 0 Å². The first kappa shape index (κ1) is 10.0. The fraction of sp³-hybridized carbons (Fsp3) is 0.714. The zero-order valence-corrected chi connectivity index (χ0v) is 9.03. The average molecular weight is 201 g/mol. The Hall–Kier alpha value is -1.04. The van der Waals surface area contributed by atoms with Crippen molar-refractivity contribution in [2.24, 2.45) is 0 Å². The minimum absolute atomic E-state index is 0.216. The molecule has 0 bridgehead atoms. The van der Waals surface area contributed by atoms with Gasteiger partial charge in [-0.3, -0.25) is 0 Å². The SMILES string of the molecule is CCOc1c([O-])on[n+]1C[Si](C)C. The molecule has 1 aromatic heterocycles. The molecule has 73 valence electrons. The van der Waals surface area contributed by atoms with Gasteiger partial charge < -0.3 is 14.4 Å². The highest BCUT2D eigenvalue weighted by Gasteiger charge is 2.20. The molecule has 1 aromatic rings. The van der Waals surface area contributed by atoms with Gasteiger partial charge in [0.25, 0.3) is 0 Å². The molecule has 1 radical (unpaired) electrons. The highest BCUT2D eigenvalue weighted by Crippen LogP contribution is 2.15. The lowest BCUT2D eigenvalue weighted by atomic mass is 10.7. The molecular weight excluding hydrogens is 188 g/mol. The minimum atomic E-state index is -0.495. The highest BCUT2D eigenvalue weighted by molar-refractivity contribution is 6.53. The van der Waals surface area contributed by atoms with Crippen LogP contribution in [0.4, 0.5) is 0 Å². The standard InChI is InChI=1S/C7H13N2O3Si/c1-4-11-6-7(10)12-8-9(6)5-13(2)3/h4-5H2,1-3H3. The molecule has 0 saturated carbocycles. The van der Waals surface area contributed by atoms with Gasteiger partial charge in [0.2, 0.25) is 0 Å². The van der Waals surface area contributed by atoms with E-state index >= 15 is 0 Å². The number of hydrogen-bond acceptors (Lipinski definition) is 4. The van der Waals surface area contributed by atoms with Gasteiger partial charge in [0.15, 0.2) is 12.1 Å². The molecule has 13 heavy (non-hydrogen) atoms. The van der Waals surface area contributed by atoms with E-state index in [1.165, 1.54) is 4.68 Å². The molecule has 0 atom stereocenters. The van der Waals surface area contributed by atoms with E-state index in [-0.39, 0.29) is 5.88 Å². The molecule has 0 unspecified atom stereocenters. The molecule has 0 aliphatic carbocycles. The predicted octanol–water partition coefficient (Wildman–Crippen LogP) is -0.272. The molecule has 0 saturated heterocycles. The summed E-state index contributed by atoms with van der Waals surface area (Å²) in [7, 11) is -0.492. The molecule has 5 nitrogen and oxygen atoms in total. The number of nitrogens with zero attached hydrogens (tertiary/aromatic N) is 2. The first-order chi connectivity index (χ1) is 6.15. The molecule has 0 aliphatic rings. The molecule has 6 heteroatoms. The highest BCUT2D eigenvalue weighted by atomic mass is 28.3. The van der Waals surface area contributed by atoms with Crippen LogP contribution in [0.1, 0.15) is 6.92 Å². The van der Waals surface area contributed by atoms with Crippen molar-refractivity contribution in [2.45, 2.75) is 26.2 Å². The van der Waals surface area contributed by atoms with Crippen LogP contribution < -0.4 is 14.5 Å². The lowest BCUT2D eigenvalue weighted by Gasteiger charge is -1.98. The topological polar surface area (TPSA) is 62.2 Å². The van der Waals surface area contributed by atoms with Crippen molar-refractivity contribution in [3.05, 3.63) is 0 Å². The molecule has 0 N–H and O–H groups in total. The molecule has 1 rings (SSSR count). The number of rotatable bonds is 4. The molecule has 0 aliphatic heterocycles. The van der Waals surface area contributed by atoms with Gasteiger partial charge in [-0.15, -0.1) is 0 Å². The zero-order chi connectivity index (χ0) is 9.84. The summed E-state index contributed by atoms with van der Waals surface area (Å²) >= 11 is 0. The van der Waals surface area contributed by atoms with Crippen molar-refractivity contribution in [3.63, 3.8) is 0 Å². The van der Waals surface area contributed by atoms with Gasteiger partial charge in [-0.2, -0.15) is 0 Å². The first-order valence-electron chi connectivity index (χ1n) is 4.13. The summed E-state index contributed by atoms with van der Waals surface area (Å²) in [5.41, 5.74) is 0. The minimum Gasteiger partial charge on any atom is -0.536 e. The van der Waals surface area contributed by atoms with Crippen LogP contribution in [0.3, 0.4) is 0 Å². The Balaban J connectivity index is 2.80. The number of hydrogen-bond donors (Lipinski definition) is 0. The molecule has 1 heterocycles. The third-order valence-electron chi connectivity index (χ3n) is 1.38. The maximum Gasteiger partial charge on any atom is 0.418 e. The lowest BCUT2D eigenvalue weighted by Crippen LogP contribution is -2.42. The quantitative estimate of drug-likeness (QED) is 0.497. The first-order valence-corrected chi connectivity index (χ1v) is 6.84. The van der Waals surface area contributed by atoms with E-state index < -0.39 is 14.7 Å². The Morgan fingerprint density at radius 2 is 2.31 bits per heavy atom. The van der Waals surface area contributed by atoms with Crippen LogP contribution in [0.25, 0.3) is 0 Å². The van der Waals surface area contributed by atoms with Crippen molar-refractivity contribution >= 4 is 8.80 Å². The van der Waals surface area contributed by atoms with Crippen LogP contribution in [-0.4, -0.2) is 20.7 Å². The third kappa shape index (κ3) is 2.45. The van der Waals surface area contributed by atoms with Crippen LogP contribution in [0.5, 0.6) is 11.8 Å². The molecule has 0 amide bonds. The summed E-state index contributed by atoms with van der Waals surface area (Å²) in [6.45, 7) is 6.53. The summed E-state index contributed by atoms with van der Waals surface area (Å²) in [4.78, 5) is 0. The second-order valence-corrected chi connectivity index (χ2v) is 5.69. The Bertz CT molecular complexity index is 275. The Morgan fingerprint density at radius 3 is 2.85 bits per heavy atom. The van der Waals surface area contributed by atoms with E-state index in [0.717, 1.165) is 6.17 Å². The molecule has 0 spiro atoms. The van der Waals surface area contributed by atoms with Gasteiger partial charge in [0, 0.05) is 0 Å². The van der Waals surface area contributed by atoms with Crippen molar-refractivity contribution in [3.8, 4) is 11.8 Å². The Morgan fingerprint density at radius 1 is 1.62 bits per heavy atom. The maximum absolute atomic E-state index is 11.0. The van der Waals surface area contributed by atoms with E-state index in [1.54, 1.807) is 0 Å². The summed E-state index contributed by atoms with van der Waals surface area (Å²) in [6.07, 6.45) is 0.728. The van der Waals surface area contributed by atoms with Crippen LogP contribution in [0.2, 0.25) is 13.1 Å². The monoisotopic (exact) mass is 201 g/mol. The second kappa shape index (κ2) is 4.27. The Labute approximate surface area is 78.5 Å². The normalized spacial score (nSPS) is 10.8. The van der Waals surface area contributed by atoms with Gasteiger partial charge in [0.05, 0.1) is 11.9 Å². The van der Waals surface area contributed by atoms with Crippen LogP contribution >= 0.6 is 0 Å². The fourth-order valence-electron chi connectivity index (χ4n) is 0.938. The maximum atomic E-state index is 11.0. The van der Waals surface area contributed by atoms with E-state index in [0.29, 0.717) is 6.61 Å². The van der Waals surface area contributed by atoms with Crippen LogP contribution in [0, 0.1) is 0 Å². The second-order valence-electron chi connectivity index (χ2n) is 2.96. The summed E-state index contributed by atoms with van der Waals surface area (Å²) in [6, 6.07) is 0. The van der Waals surface area contributed by atoms with E-state index in [4.69, 9.17) is 4.74 Å². The van der Waals surface area contributed by atoms with Gasteiger partial charge in [0.1, 0.15) is 8.80 Å². The smallest absolute Gasteiger partial charge is 0.418 e. The van der Waals surface area contributed by atoms with E-state index in [2.05, 4.69) is 22.9 Å². The average Bonchev–Trinajstić information content (AvgIpc) is 2.35. The molecule has 0 aromatic carbocycles. The van der Waals surface area contributed by atoms with Crippen LogP contribution in [-0.2, 0) is 6.17 Å². The summed E-state index contributed by atoms with van der Waals surface area (Å²) in [5, 5.41) is 14.7. The molecule has 0 fully saturated rings. The predicted molar refractivity (Wildman–Crippen MR) is 44.8 cm³/mol. The third-order valence-corrected chi connectivity index (χ3v) is 2.31. The number of aromatic nitrogens is 2. The molecular formula is C7H13N2O3Si. The zero-order valence-electron chi connectivity index (χ0n) is 8.03. The largest absolute Gasteiger partial charge is 0.536 e. The van der Waals surface area contributed by atoms with E-state index in [9.17, 15) is 5.11 Å². The summed E-state index contributed by atoms with van der Waals surface area (Å²) < 4.78 is 11.1. The lowest BCUT2D eigenvalue weighted by molar-refractivity contribution is -0.751. The number of ether oxygens (including phenoxy) is 1. The fourth-order valence-corrected chi connectivity index (χ4v) is 1.74. The van der Waals surface area contributed by atoms with Crippen molar-refractivity contribution in [1.82, 2.24) is 5.27 Å². The van der Waals surface area contributed by atoms with Gasteiger partial charge in [-0.05, 0) is 11.6 Å². The van der Waals surface area contributed by atoms with Gasteiger partial charge in [-0.1, -0.05) is 13.1 Å². The van der Waals surface area contributed by atoms with Crippen molar-refractivity contribution in [2.75, 3.05) is 6.61 Å². The van der Waals surface area contributed by atoms with Crippen molar-refractivity contribution < 1.29 is 19.0 Å². The Kier molecular flexibility index (Phi) is 3.29. The van der Waals surface area contributed by atoms with Crippen molar-refractivity contribution in [1.29, 1.82) is 0 Å².